The van der Waals surface area contributed by atoms with Crippen molar-refractivity contribution >= 4 is 5.91 Å². The molecule has 1 unspecified atom stereocenters. The van der Waals surface area contributed by atoms with Crippen LogP contribution in [0.25, 0.3) is 0 Å². The summed E-state index contributed by atoms with van der Waals surface area (Å²) >= 11 is 0. The van der Waals surface area contributed by atoms with Gasteiger partial charge in [0.15, 0.2) is 0 Å². The number of aliphatic hydroxyl groups excluding tert-OH is 1. The highest BCUT2D eigenvalue weighted by Crippen LogP contribution is 2.07. The minimum absolute atomic E-state index is 0.00676. The molecule has 1 amide bonds. The fraction of sp³-hybridized carbons (Fsp3) is 0.909. The molecule has 0 saturated heterocycles. The molecule has 4 heteroatoms. The monoisotopic (exact) mass is 216 g/mol. The van der Waals surface area contributed by atoms with Crippen molar-refractivity contribution in [2.24, 2.45) is 17.6 Å². The third kappa shape index (κ3) is 5.14. The molecule has 2 atom stereocenters. The van der Waals surface area contributed by atoms with Crippen LogP contribution in [-0.2, 0) is 4.79 Å². The number of carbonyl (C=O) groups excluding carboxylic acids is 1. The first-order chi connectivity index (χ1) is 6.90. The van der Waals surface area contributed by atoms with E-state index in [1.54, 1.807) is 0 Å². The standard InChI is InChI=1S/C11H24N2O2/c1-7(2)9(5-6-14)13-11(15)10(12)8(3)4/h7-10,14H,5-6,12H2,1-4H3,(H,13,15)/t9?,10-/m0/s1. The number of aliphatic hydroxyl groups is 1. The van der Waals surface area contributed by atoms with E-state index in [1.807, 2.05) is 27.7 Å². The summed E-state index contributed by atoms with van der Waals surface area (Å²) in [6.45, 7) is 7.95. The van der Waals surface area contributed by atoms with E-state index in [0.717, 1.165) is 0 Å². The van der Waals surface area contributed by atoms with E-state index in [-0.39, 0.29) is 24.5 Å². The molecular formula is C11H24N2O2. The van der Waals surface area contributed by atoms with E-state index in [2.05, 4.69) is 5.32 Å². The normalized spacial score (nSPS) is 15.5. The number of nitrogens with one attached hydrogen (secondary N) is 1. The first kappa shape index (κ1) is 14.4. The summed E-state index contributed by atoms with van der Waals surface area (Å²) in [4.78, 5) is 11.7. The van der Waals surface area contributed by atoms with Gasteiger partial charge in [-0.3, -0.25) is 4.79 Å². The topological polar surface area (TPSA) is 75.3 Å². The largest absolute Gasteiger partial charge is 0.396 e. The summed E-state index contributed by atoms with van der Waals surface area (Å²) in [5, 5.41) is 11.7. The molecule has 0 saturated carbocycles. The summed E-state index contributed by atoms with van der Waals surface area (Å²) in [5.74, 6) is 0.310. The number of carbonyl (C=O) groups is 1. The number of amides is 1. The van der Waals surface area contributed by atoms with Crippen molar-refractivity contribution in [2.45, 2.75) is 46.2 Å². The number of rotatable bonds is 6. The maximum atomic E-state index is 11.7. The molecule has 0 aromatic carbocycles. The van der Waals surface area contributed by atoms with E-state index in [4.69, 9.17) is 10.8 Å². The van der Waals surface area contributed by atoms with Crippen LogP contribution in [-0.4, -0.2) is 29.7 Å². The molecule has 0 bridgehead atoms. The smallest absolute Gasteiger partial charge is 0.237 e. The van der Waals surface area contributed by atoms with Gasteiger partial charge in [-0.05, 0) is 18.3 Å². The minimum atomic E-state index is -0.468. The molecule has 0 radical (unpaired) electrons. The van der Waals surface area contributed by atoms with E-state index in [9.17, 15) is 4.79 Å². The third-order valence-corrected chi connectivity index (χ3v) is 2.59. The Kier molecular flexibility index (Phi) is 6.52. The Hall–Kier alpha value is -0.610. The van der Waals surface area contributed by atoms with Crippen LogP contribution in [0.5, 0.6) is 0 Å². The molecule has 4 nitrogen and oxygen atoms in total. The van der Waals surface area contributed by atoms with Gasteiger partial charge < -0.3 is 16.2 Å². The zero-order valence-electron chi connectivity index (χ0n) is 10.2. The third-order valence-electron chi connectivity index (χ3n) is 2.59. The highest BCUT2D eigenvalue weighted by atomic mass is 16.3. The quantitative estimate of drug-likeness (QED) is 0.605. The summed E-state index contributed by atoms with van der Waals surface area (Å²) in [7, 11) is 0. The van der Waals surface area contributed by atoms with Gasteiger partial charge in [-0.2, -0.15) is 0 Å². The lowest BCUT2D eigenvalue weighted by atomic mass is 9.99. The molecule has 90 valence electrons. The molecule has 4 N–H and O–H groups in total. The highest BCUT2D eigenvalue weighted by molar-refractivity contribution is 5.82. The first-order valence-corrected chi connectivity index (χ1v) is 5.57. The molecule has 15 heavy (non-hydrogen) atoms. The molecular weight excluding hydrogens is 192 g/mol. The number of hydrogen-bond donors (Lipinski definition) is 3. The average molecular weight is 216 g/mol. The minimum Gasteiger partial charge on any atom is -0.396 e. The maximum Gasteiger partial charge on any atom is 0.237 e. The van der Waals surface area contributed by atoms with Crippen LogP contribution in [0.15, 0.2) is 0 Å². The van der Waals surface area contributed by atoms with Crippen LogP contribution in [0.1, 0.15) is 34.1 Å². The second-order valence-electron chi connectivity index (χ2n) is 4.64. The van der Waals surface area contributed by atoms with E-state index in [0.29, 0.717) is 12.3 Å². The zero-order valence-corrected chi connectivity index (χ0v) is 10.2. The zero-order chi connectivity index (χ0) is 12.0. The van der Waals surface area contributed by atoms with Crippen molar-refractivity contribution in [3.63, 3.8) is 0 Å². The predicted octanol–water partition coefficient (Wildman–Crippen LogP) is 0.493. The summed E-state index contributed by atoms with van der Waals surface area (Å²) < 4.78 is 0. The predicted molar refractivity (Wildman–Crippen MR) is 61.3 cm³/mol. The van der Waals surface area contributed by atoms with E-state index >= 15 is 0 Å². The Labute approximate surface area is 92.2 Å². The maximum absolute atomic E-state index is 11.7. The second-order valence-corrected chi connectivity index (χ2v) is 4.64. The Balaban J connectivity index is 4.22. The lowest BCUT2D eigenvalue weighted by molar-refractivity contribution is -0.124. The fourth-order valence-corrected chi connectivity index (χ4v) is 1.29. The van der Waals surface area contributed by atoms with Crippen LogP contribution in [0.3, 0.4) is 0 Å². The second kappa shape index (κ2) is 6.80. The van der Waals surface area contributed by atoms with Gasteiger partial charge in [0.2, 0.25) is 5.91 Å². The van der Waals surface area contributed by atoms with Gasteiger partial charge in [-0.25, -0.2) is 0 Å². The van der Waals surface area contributed by atoms with Crippen molar-refractivity contribution in [1.29, 1.82) is 0 Å². The molecule has 0 aliphatic carbocycles. The molecule has 0 fully saturated rings. The van der Waals surface area contributed by atoms with Crippen LogP contribution in [0.4, 0.5) is 0 Å². The lowest BCUT2D eigenvalue weighted by Gasteiger charge is -2.24. The molecule has 0 rings (SSSR count). The van der Waals surface area contributed by atoms with Crippen molar-refractivity contribution < 1.29 is 9.90 Å². The molecule has 0 spiro atoms. The Morgan fingerprint density at radius 1 is 1.27 bits per heavy atom. The van der Waals surface area contributed by atoms with Gasteiger partial charge in [-0.15, -0.1) is 0 Å². The number of hydrogen-bond acceptors (Lipinski definition) is 3. The first-order valence-electron chi connectivity index (χ1n) is 5.57. The van der Waals surface area contributed by atoms with Crippen molar-refractivity contribution in [2.75, 3.05) is 6.61 Å². The van der Waals surface area contributed by atoms with Gasteiger partial charge in [0.1, 0.15) is 0 Å². The van der Waals surface area contributed by atoms with Gasteiger partial charge in [0, 0.05) is 12.6 Å². The Morgan fingerprint density at radius 2 is 1.80 bits per heavy atom. The van der Waals surface area contributed by atoms with Crippen LogP contribution >= 0.6 is 0 Å². The van der Waals surface area contributed by atoms with Crippen molar-refractivity contribution in [3.05, 3.63) is 0 Å². The van der Waals surface area contributed by atoms with Gasteiger partial charge >= 0.3 is 0 Å². The van der Waals surface area contributed by atoms with Gasteiger partial charge in [-0.1, -0.05) is 27.7 Å². The van der Waals surface area contributed by atoms with Crippen LogP contribution in [0, 0.1) is 11.8 Å². The molecule has 0 aromatic rings. The molecule has 0 aliphatic rings. The van der Waals surface area contributed by atoms with Crippen LogP contribution < -0.4 is 11.1 Å². The van der Waals surface area contributed by atoms with E-state index < -0.39 is 6.04 Å². The van der Waals surface area contributed by atoms with Gasteiger partial charge in [0.25, 0.3) is 0 Å². The highest BCUT2D eigenvalue weighted by Gasteiger charge is 2.21. The SMILES string of the molecule is CC(C)C(CCO)NC(=O)[C@@H](N)C(C)C. The summed E-state index contributed by atoms with van der Waals surface area (Å²) in [6, 6.07) is -0.461. The Bertz CT molecular complexity index is 193. The summed E-state index contributed by atoms with van der Waals surface area (Å²) in [5.41, 5.74) is 5.73. The molecule has 0 aromatic heterocycles. The fourth-order valence-electron chi connectivity index (χ4n) is 1.29. The molecule has 0 heterocycles. The van der Waals surface area contributed by atoms with Crippen molar-refractivity contribution in [3.8, 4) is 0 Å². The lowest BCUT2D eigenvalue weighted by Crippen LogP contribution is -2.49. The molecule has 0 aliphatic heterocycles. The van der Waals surface area contributed by atoms with Crippen LogP contribution in [0.2, 0.25) is 0 Å². The Morgan fingerprint density at radius 3 is 2.13 bits per heavy atom. The van der Waals surface area contributed by atoms with E-state index in [1.165, 1.54) is 0 Å². The number of nitrogens with two attached hydrogens (primary N) is 1. The summed E-state index contributed by atoms with van der Waals surface area (Å²) in [6.07, 6.45) is 0.578. The van der Waals surface area contributed by atoms with Crippen molar-refractivity contribution in [1.82, 2.24) is 5.32 Å². The average Bonchev–Trinajstić information content (AvgIpc) is 2.15. The van der Waals surface area contributed by atoms with Gasteiger partial charge in [0.05, 0.1) is 6.04 Å².